The van der Waals surface area contributed by atoms with Crippen LogP contribution < -0.4 is 5.32 Å². The van der Waals surface area contributed by atoms with Crippen molar-refractivity contribution in [1.29, 1.82) is 0 Å². The van der Waals surface area contributed by atoms with E-state index >= 15 is 0 Å². The van der Waals surface area contributed by atoms with Crippen LogP contribution in [0, 0.1) is 18.3 Å². The molecule has 0 bridgehead atoms. The van der Waals surface area contributed by atoms with E-state index in [0.29, 0.717) is 5.92 Å². The van der Waals surface area contributed by atoms with Gasteiger partial charge in [0.1, 0.15) is 0 Å². The summed E-state index contributed by atoms with van der Waals surface area (Å²) in [7, 11) is 1.95. The van der Waals surface area contributed by atoms with Crippen LogP contribution in [0.2, 0.25) is 0 Å². The monoisotopic (exact) mass is 273 g/mol. The van der Waals surface area contributed by atoms with Crippen molar-refractivity contribution in [2.24, 2.45) is 5.92 Å². The summed E-state index contributed by atoms with van der Waals surface area (Å²) in [6, 6.07) is 0.250. The minimum atomic E-state index is 0. The third kappa shape index (κ3) is 10.9. The molecule has 1 nitrogen and oxygen atoms in total. The summed E-state index contributed by atoms with van der Waals surface area (Å²) < 4.78 is 0. The molecule has 0 aliphatic rings. The van der Waals surface area contributed by atoms with Gasteiger partial charge in [-0.05, 0) is 19.4 Å². The number of unbranched alkanes of at least 4 members (excludes halogenated alkanes) is 7. The average Bonchev–Trinajstić information content (AvgIpc) is 2.34. The Morgan fingerprint density at radius 3 is 1.94 bits per heavy atom. The first-order chi connectivity index (χ1) is 8.26. The van der Waals surface area contributed by atoms with E-state index in [1.54, 1.807) is 0 Å². The maximum atomic E-state index is 5.47. The Morgan fingerprint density at radius 1 is 1.00 bits per heavy atom. The van der Waals surface area contributed by atoms with E-state index < -0.39 is 0 Å². The number of hydrogen-bond acceptors (Lipinski definition) is 1. The maximum Gasteiger partial charge on any atom is 0.0710 e. The van der Waals surface area contributed by atoms with Gasteiger partial charge in [-0.15, -0.1) is 18.8 Å². The molecule has 0 fully saturated rings. The van der Waals surface area contributed by atoms with Gasteiger partial charge in [0.05, 0.1) is 6.04 Å². The first kappa shape index (κ1) is 20.1. The lowest BCUT2D eigenvalue weighted by molar-refractivity contribution is 0.418. The van der Waals surface area contributed by atoms with E-state index in [1.165, 1.54) is 57.8 Å². The van der Waals surface area contributed by atoms with Gasteiger partial charge < -0.3 is 5.32 Å². The van der Waals surface area contributed by atoms with Crippen molar-refractivity contribution < 1.29 is 0 Å². The standard InChI is InChI=1S/C16H31N.ClH/c1-5-7-8-9-10-11-12-13-14-15(3)16(6-2)17-4;/h2,15-17H,5,7-14H2,1,3-4H3;1H. The molecule has 2 unspecified atom stereocenters. The van der Waals surface area contributed by atoms with E-state index in [0.717, 1.165) is 0 Å². The lowest BCUT2D eigenvalue weighted by atomic mass is 9.95. The number of nitrogens with one attached hydrogen (secondary N) is 1. The summed E-state index contributed by atoms with van der Waals surface area (Å²) in [5.74, 6) is 3.42. The van der Waals surface area contributed by atoms with Gasteiger partial charge in [-0.3, -0.25) is 0 Å². The van der Waals surface area contributed by atoms with Gasteiger partial charge in [0.15, 0.2) is 0 Å². The predicted molar refractivity (Wildman–Crippen MR) is 85.3 cm³/mol. The first-order valence-corrected chi connectivity index (χ1v) is 7.39. The van der Waals surface area contributed by atoms with Crippen LogP contribution in [0.3, 0.4) is 0 Å². The molecular formula is C16H32ClN. The Kier molecular flexibility index (Phi) is 16.6. The van der Waals surface area contributed by atoms with E-state index in [9.17, 15) is 0 Å². The van der Waals surface area contributed by atoms with Gasteiger partial charge in [0.2, 0.25) is 0 Å². The Bertz CT molecular complexity index is 198. The smallest absolute Gasteiger partial charge is 0.0710 e. The highest BCUT2D eigenvalue weighted by molar-refractivity contribution is 5.85. The molecule has 1 N–H and O–H groups in total. The maximum absolute atomic E-state index is 5.47. The van der Waals surface area contributed by atoms with Gasteiger partial charge >= 0.3 is 0 Å². The van der Waals surface area contributed by atoms with Crippen molar-refractivity contribution in [2.75, 3.05) is 7.05 Å². The molecule has 0 saturated carbocycles. The minimum Gasteiger partial charge on any atom is -0.307 e. The van der Waals surface area contributed by atoms with E-state index in [2.05, 4.69) is 25.1 Å². The highest BCUT2D eigenvalue weighted by Gasteiger charge is 2.11. The van der Waals surface area contributed by atoms with Gasteiger partial charge in [0, 0.05) is 0 Å². The predicted octanol–water partition coefficient (Wildman–Crippen LogP) is 4.80. The molecule has 0 rings (SSSR count). The van der Waals surface area contributed by atoms with Gasteiger partial charge in [0.25, 0.3) is 0 Å². The Hall–Kier alpha value is -0.190. The molecule has 0 spiro atoms. The molecule has 0 aliphatic carbocycles. The summed E-state index contributed by atoms with van der Waals surface area (Å²) in [6.07, 6.45) is 17.8. The normalized spacial score (nSPS) is 13.4. The molecule has 0 aliphatic heterocycles. The van der Waals surface area contributed by atoms with E-state index in [-0.39, 0.29) is 18.4 Å². The van der Waals surface area contributed by atoms with Gasteiger partial charge in [-0.25, -0.2) is 0 Å². The highest BCUT2D eigenvalue weighted by Crippen LogP contribution is 2.15. The second-order valence-corrected chi connectivity index (χ2v) is 5.17. The van der Waals surface area contributed by atoms with Crippen LogP contribution in [0.5, 0.6) is 0 Å². The topological polar surface area (TPSA) is 12.0 Å². The molecule has 0 aromatic heterocycles. The lowest BCUT2D eigenvalue weighted by Crippen LogP contribution is -2.30. The average molecular weight is 274 g/mol. The second-order valence-electron chi connectivity index (χ2n) is 5.17. The SMILES string of the molecule is C#CC(NC)C(C)CCCCCCCCCC.Cl. The zero-order valence-corrected chi connectivity index (χ0v) is 13.3. The number of terminal acetylenes is 1. The molecule has 0 radical (unpaired) electrons. The van der Waals surface area contributed by atoms with Crippen LogP contribution in [0.25, 0.3) is 0 Å². The summed E-state index contributed by atoms with van der Waals surface area (Å²) in [6.45, 7) is 4.52. The molecule has 0 saturated heterocycles. The van der Waals surface area contributed by atoms with Crippen molar-refractivity contribution in [3.05, 3.63) is 0 Å². The number of halogens is 1. The summed E-state index contributed by atoms with van der Waals surface area (Å²) in [4.78, 5) is 0. The fraction of sp³-hybridized carbons (Fsp3) is 0.875. The van der Waals surface area contributed by atoms with Crippen LogP contribution in [0.15, 0.2) is 0 Å². The Morgan fingerprint density at radius 2 is 1.50 bits per heavy atom. The molecule has 2 heteroatoms. The van der Waals surface area contributed by atoms with Crippen molar-refractivity contribution in [2.45, 2.75) is 77.7 Å². The molecule has 108 valence electrons. The summed E-state index contributed by atoms with van der Waals surface area (Å²) in [5.41, 5.74) is 0. The molecule has 0 aromatic carbocycles. The molecule has 0 aromatic rings. The van der Waals surface area contributed by atoms with Crippen LogP contribution in [0.4, 0.5) is 0 Å². The molecule has 2 atom stereocenters. The van der Waals surface area contributed by atoms with Crippen LogP contribution in [0.1, 0.15) is 71.6 Å². The second kappa shape index (κ2) is 14.9. The third-order valence-corrected chi connectivity index (χ3v) is 3.57. The Labute approximate surface area is 121 Å². The van der Waals surface area contributed by atoms with Crippen LogP contribution in [-0.2, 0) is 0 Å². The molecule has 0 amide bonds. The molecule has 18 heavy (non-hydrogen) atoms. The third-order valence-electron chi connectivity index (χ3n) is 3.57. The van der Waals surface area contributed by atoms with Crippen LogP contribution >= 0.6 is 12.4 Å². The largest absolute Gasteiger partial charge is 0.307 e. The van der Waals surface area contributed by atoms with Gasteiger partial charge in [-0.2, -0.15) is 0 Å². The lowest BCUT2D eigenvalue weighted by Gasteiger charge is -2.17. The minimum absolute atomic E-state index is 0. The molecular weight excluding hydrogens is 242 g/mol. The fourth-order valence-corrected chi connectivity index (χ4v) is 2.30. The molecule has 0 heterocycles. The number of rotatable bonds is 11. The zero-order chi connectivity index (χ0) is 12.9. The Balaban J connectivity index is 0. The highest BCUT2D eigenvalue weighted by atomic mass is 35.5. The van der Waals surface area contributed by atoms with Crippen molar-refractivity contribution in [3.8, 4) is 12.3 Å². The number of hydrogen-bond donors (Lipinski definition) is 1. The van der Waals surface area contributed by atoms with Crippen LogP contribution in [-0.4, -0.2) is 13.1 Å². The first-order valence-electron chi connectivity index (χ1n) is 7.39. The summed E-state index contributed by atoms with van der Waals surface area (Å²) in [5, 5.41) is 3.19. The quantitative estimate of drug-likeness (QED) is 0.421. The van der Waals surface area contributed by atoms with Gasteiger partial charge in [-0.1, -0.05) is 71.1 Å². The van der Waals surface area contributed by atoms with Crippen molar-refractivity contribution in [1.82, 2.24) is 5.32 Å². The van der Waals surface area contributed by atoms with E-state index in [1.807, 2.05) is 7.05 Å². The van der Waals surface area contributed by atoms with Crippen molar-refractivity contribution >= 4 is 12.4 Å². The summed E-state index contributed by atoms with van der Waals surface area (Å²) >= 11 is 0. The van der Waals surface area contributed by atoms with E-state index in [4.69, 9.17) is 6.42 Å². The zero-order valence-electron chi connectivity index (χ0n) is 12.5. The van der Waals surface area contributed by atoms with Crippen molar-refractivity contribution in [3.63, 3.8) is 0 Å². The fourth-order valence-electron chi connectivity index (χ4n) is 2.30.